The molecule has 0 aromatic carbocycles. The summed E-state index contributed by atoms with van der Waals surface area (Å²) in [6.45, 7) is 0.869. The van der Waals surface area contributed by atoms with Crippen LogP contribution in [0.5, 0.6) is 0 Å². The molecule has 0 bridgehead atoms. The Hall–Kier alpha value is -0.580. The Morgan fingerprint density at radius 2 is 2.05 bits per heavy atom. The van der Waals surface area contributed by atoms with E-state index in [4.69, 9.17) is 10.5 Å². The lowest BCUT2D eigenvalue weighted by Crippen LogP contribution is -2.45. The molecular formula is C15H22N2OS. The fourth-order valence-electron chi connectivity index (χ4n) is 3.32. The number of nitrogens with zero attached hydrogens (tertiary/aromatic N) is 1. The van der Waals surface area contributed by atoms with Gasteiger partial charge in [-0.1, -0.05) is 0 Å². The molecule has 2 unspecified atom stereocenters. The molecule has 1 spiro atoms. The van der Waals surface area contributed by atoms with Gasteiger partial charge in [-0.15, -0.1) is 0 Å². The molecule has 1 aromatic heterocycles. The summed E-state index contributed by atoms with van der Waals surface area (Å²) in [5.74, 6) is 3.01. The van der Waals surface area contributed by atoms with Gasteiger partial charge in [-0.2, -0.15) is 11.8 Å². The predicted octanol–water partition coefficient (Wildman–Crippen LogP) is 2.77. The number of hydrogen-bond acceptors (Lipinski definition) is 4. The lowest BCUT2D eigenvalue weighted by molar-refractivity contribution is -0.105. The van der Waals surface area contributed by atoms with E-state index in [1.165, 1.54) is 29.9 Å². The minimum Gasteiger partial charge on any atom is -0.375 e. The van der Waals surface area contributed by atoms with Gasteiger partial charge in [-0.05, 0) is 60.8 Å². The maximum atomic E-state index is 6.47. The zero-order valence-electron chi connectivity index (χ0n) is 11.3. The first-order chi connectivity index (χ1) is 9.29. The van der Waals surface area contributed by atoms with Gasteiger partial charge in [0.1, 0.15) is 0 Å². The number of aromatic nitrogens is 1. The molecule has 2 atom stereocenters. The highest BCUT2D eigenvalue weighted by Gasteiger charge is 2.40. The van der Waals surface area contributed by atoms with E-state index in [2.05, 4.69) is 4.98 Å². The Bertz CT molecular complexity index is 400. The molecule has 4 heteroatoms. The summed E-state index contributed by atoms with van der Waals surface area (Å²) in [4.78, 5) is 4.07. The van der Waals surface area contributed by atoms with Gasteiger partial charge in [0.15, 0.2) is 0 Å². The Labute approximate surface area is 119 Å². The summed E-state index contributed by atoms with van der Waals surface area (Å²) in [5.41, 5.74) is 7.81. The van der Waals surface area contributed by atoms with Gasteiger partial charge >= 0.3 is 0 Å². The van der Waals surface area contributed by atoms with E-state index in [9.17, 15) is 0 Å². The third-order valence-corrected chi connectivity index (χ3v) is 5.52. The van der Waals surface area contributed by atoms with Crippen LogP contribution in [0.2, 0.25) is 0 Å². The minimum absolute atomic E-state index is 0.123. The highest BCUT2D eigenvalue weighted by molar-refractivity contribution is 7.99. The first kappa shape index (κ1) is 13.4. The van der Waals surface area contributed by atoms with E-state index in [-0.39, 0.29) is 11.6 Å². The van der Waals surface area contributed by atoms with Gasteiger partial charge in [0.05, 0.1) is 5.60 Å². The zero-order valence-corrected chi connectivity index (χ0v) is 12.1. The first-order valence-corrected chi connectivity index (χ1v) is 8.32. The van der Waals surface area contributed by atoms with Crippen molar-refractivity contribution in [2.45, 2.75) is 37.3 Å². The molecule has 19 heavy (non-hydrogen) atoms. The maximum absolute atomic E-state index is 6.47. The van der Waals surface area contributed by atoms with Gasteiger partial charge in [-0.3, -0.25) is 4.98 Å². The molecule has 3 nitrogen and oxygen atoms in total. The summed E-state index contributed by atoms with van der Waals surface area (Å²) >= 11 is 2.05. The molecule has 3 rings (SSSR count). The molecular weight excluding hydrogens is 256 g/mol. The van der Waals surface area contributed by atoms with E-state index in [1.54, 1.807) is 0 Å². The molecule has 2 aliphatic heterocycles. The van der Waals surface area contributed by atoms with Crippen LogP contribution < -0.4 is 5.73 Å². The Morgan fingerprint density at radius 1 is 1.32 bits per heavy atom. The third kappa shape index (κ3) is 2.96. The van der Waals surface area contributed by atoms with Crippen LogP contribution >= 0.6 is 11.8 Å². The van der Waals surface area contributed by atoms with Crippen molar-refractivity contribution in [3.8, 4) is 0 Å². The van der Waals surface area contributed by atoms with Crippen LogP contribution in [0.3, 0.4) is 0 Å². The molecule has 0 aliphatic carbocycles. The highest BCUT2D eigenvalue weighted by Crippen LogP contribution is 2.42. The lowest BCUT2D eigenvalue weighted by atomic mass is 9.77. The summed E-state index contributed by atoms with van der Waals surface area (Å²) in [7, 11) is 0. The van der Waals surface area contributed by atoms with E-state index < -0.39 is 0 Å². The highest BCUT2D eigenvalue weighted by atomic mass is 32.2. The van der Waals surface area contributed by atoms with Crippen LogP contribution in [0.4, 0.5) is 0 Å². The standard InChI is InChI=1S/C15H22N2OS/c16-14(12-1-6-17-7-2-12)13-3-8-18-15(11-13)4-9-19-10-5-15/h1-2,6-7,13-14H,3-5,8-11,16H2. The SMILES string of the molecule is NC(c1ccncc1)C1CCOC2(CCSCC2)C1. The van der Waals surface area contributed by atoms with Crippen molar-refractivity contribution in [3.05, 3.63) is 30.1 Å². The van der Waals surface area contributed by atoms with Gasteiger partial charge in [-0.25, -0.2) is 0 Å². The van der Waals surface area contributed by atoms with E-state index >= 15 is 0 Å². The molecule has 2 saturated heterocycles. The quantitative estimate of drug-likeness (QED) is 0.903. The number of hydrogen-bond donors (Lipinski definition) is 1. The van der Waals surface area contributed by atoms with E-state index in [1.807, 2.05) is 36.3 Å². The van der Waals surface area contributed by atoms with Gasteiger partial charge < -0.3 is 10.5 Å². The van der Waals surface area contributed by atoms with Crippen LogP contribution in [-0.2, 0) is 4.74 Å². The minimum atomic E-state index is 0.123. The van der Waals surface area contributed by atoms with Crippen LogP contribution in [0, 0.1) is 5.92 Å². The molecule has 0 saturated carbocycles. The van der Waals surface area contributed by atoms with Crippen LogP contribution in [-0.4, -0.2) is 28.7 Å². The summed E-state index contributed by atoms with van der Waals surface area (Å²) < 4.78 is 6.14. The normalized spacial score (nSPS) is 28.2. The van der Waals surface area contributed by atoms with E-state index in [0.29, 0.717) is 5.92 Å². The topological polar surface area (TPSA) is 48.1 Å². The molecule has 2 aliphatic rings. The summed E-state index contributed by atoms with van der Waals surface area (Å²) in [6, 6.07) is 4.21. The molecule has 1 aromatic rings. The van der Waals surface area contributed by atoms with Crippen LogP contribution in [0.1, 0.15) is 37.3 Å². The second-order valence-electron chi connectivity index (χ2n) is 5.70. The largest absolute Gasteiger partial charge is 0.375 e. The monoisotopic (exact) mass is 278 g/mol. The third-order valence-electron chi connectivity index (χ3n) is 4.53. The second kappa shape index (κ2) is 5.81. The smallest absolute Gasteiger partial charge is 0.0701 e. The van der Waals surface area contributed by atoms with Gasteiger partial charge in [0, 0.05) is 25.0 Å². The number of nitrogens with two attached hydrogens (primary N) is 1. The average Bonchev–Trinajstić information content (AvgIpc) is 2.48. The molecule has 0 amide bonds. The molecule has 3 heterocycles. The maximum Gasteiger partial charge on any atom is 0.0701 e. The molecule has 104 valence electrons. The van der Waals surface area contributed by atoms with Crippen LogP contribution in [0.25, 0.3) is 0 Å². The summed E-state index contributed by atoms with van der Waals surface area (Å²) in [5, 5.41) is 0. The Balaban J connectivity index is 1.71. The van der Waals surface area contributed by atoms with Crippen molar-refractivity contribution < 1.29 is 4.74 Å². The fourth-order valence-corrected chi connectivity index (χ4v) is 4.56. The zero-order chi connectivity index (χ0) is 13.1. The van der Waals surface area contributed by atoms with Crippen molar-refractivity contribution in [1.29, 1.82) is 0 Å². The van der Waals surface area contributed by atoms with Gasteiger partial charge in [0.2, 0.25) is 0 Å². The first-order valence-electron chi connectivity index (χ1n) is 7.16. The Morgan fingerprint density at radius 3 is 2.79 bits per heavy atom. The van der Waals surface area contributed by atoms with Gasteiger partial charge in [0.25, 0.3) is 0 Å². The number of rotatable bonds is 2. The molecule has 2 fully saturated rings. The van der Waals surface area contributed by atoms with Crippen molar-refractivity contribution >= 4 is 11.8 Å². The molecule has 2 N–H and O–H groups in total. The average molecular weight is 278 g/mol. The van der Waals surface area contributed by atoms with Crippen molar-refractivity contribution in [2.24, 2.45) is 11.7 Å². The van der Waals surface area contributed by atoms with Crippen LogP contribution in [0.15, 0.2) is 24.5 Å². The Kier molecular flexibility index (Phi) is 4.10. The predicted molar refractivity (Wildman–Crippen MR) is 79.1 cm³/mol. The summed E-state index contributed by atoms with van der Waals surface area (Å²) in [6.07, 6.45) is 8.26. The fraction of sp³-hybridized carbons (Fsp3) is 0.667. The second-order valence-corrected chi connectivity index (χ2v) is 6.93. The van der Waals surface area contributed by atoms with Crippen molar-refractivity contribution in [3.63, 3.8) is 0 Å². The number of ether oxygens (including phenoxy) is 1. The number of thioether (sulfide) groups is 1. The molecule has 0 radical (unpaired) electrons. The van der Waals surface area contributed by atoms with Crippen molar-refractivity contribution in [2.75, 3.05) is 18.1 Å². The number of pyridine rings is 1. The van der Waals surface area contributed by atoms with E-state index in [0.717, 1.165) is 19.4 Å². The lowest BCUT2D eigenvalue weighted by Gasteiger charge is -2.44. The van der Waals surface area contributed by atoms with Crippen molar-refractivity contribution in [1.82, 2.24) is 4.98 Å².